The number of benzene rings is 1. The van der Waals surface area contributed by atoms with Crippen molar-refractivity contribution in [2.75, 3.05) is 13.1 Å². The number of carbonyl (C=O) groups excluding carboxylic acids is 4. The number of halogens is 1. The lowest BCUT2D eigenvalue weighted by Crippen LogP contribution is -2.49. The molecule has 1 atom stereocenters. The van der Waals surface area contributed by atoms with Crippen molar-refractivity contribution >= 4 is 23.8 Å². The van der Waals surface area contributed by atoms with Crippen LogP contribution in [0.25, 0.3) is 0 Å². The van der Waals surface area contributed by atoms with E-state index >= 15 is 0 Å². The molecule has 172 valence electrons. The van der Waals surface area contributed by atoms with Gasteiger partial charge >= 0.3 is 17.8 Å². The number of imide groups is 2. The third-order valence-electron chi connectivity index (χ3n) is 6.58. The van der Waals surface area contributed by atoms with E-state index in [0.29, 0.717) is 10.8 Å². The maximum absolute atomic E-state index is 13.4. The molecule has 8 heteroatoms. The Morgan fingerprint density at radius 2 is 1.72 bits per heavy atom. The summed E-state index contributed by atoms with van der Waals surface area (Å²) in [5, 5.41) is 0. The highest BCUT2D eigenvalue weighted by molar-refractivity contribution is 6.45. The van der Waals surface area contributed by atoms with Crippen molar-refractivity contribution in [2.45, 2.75) is 58.0 Å². The largest absolute Gasteiger partial charge is 0.335 e. The minimum absolute atomic E-state index is 0.0573. The topological polar surface area (TPSA) is 78.0 Å². The Morgan fingerprint density at radius 1 is 1.12 bits per heavy atom. The maximum Gasteiger partial charge on any atom is 0.335 e. The summed E-state index contributed by atoms with van der Waals surface area (Å²) in [6.45, 7) is 6.91. The van der Waals surface area contributed by atoms with Gasteiger partial charge in [-0.15, -0.1) is 6.58 Å². The van der Waals surface area contributed by atoms with Crippen molar-refractivity contribution in [1.29, 1.82) is 0 Å². The average molecular weight is 444 g/mol. The number of hydrogen-bond acceptors (Lipinski definition) is 4. The third-order valence-corrected chi connectivity index (χ3v) is 6.58. The van der Waals surface area contributed by atoms with Crippen LogP contribution in [0.5, 0.6) is 0 Å². The summed E-state index contributed by atoms with van der Waals surface area (Å²) in [6.07, 6.45) is 6.07. The highest BCUT2D eigenvalue weighted by atomic mass is 19.1. The van der Waals surface area contributed by atoms with Crippen LogP contribution in [0.2, 0.25) is 0 Å². The lowest BCUT2D eigenvalue weighted by Gasteiger charge is -2.41. The monoisotopic (exact) mass is 443 g/mol. The maximum atomic E-state index is 13.4. The molecule has 32 heavy (non-hydrogen) atoms. The van der Waals surface area contributed by atoms with E-state index in [1.54, 1.807) is 17.0 Å². The molecule has 2 fully saturated rings. The molecule has 0 radical (unpaired) electrons. The number of rotatable bonds is 8. The van der Waals surface area contributed by atoms with E-state index in [9.17, 15) is 23.6 Å². The van der Waals surface area contributed by atoms with Crippen LogP contribution in [0.15, 0.2) is 36.9 Å². The number of nitrogens with zero attached hydrogens (tertiary/aromatic N) is 3. The zero-order chi connectivity index (χ0) is 23.4. The first-order valence-corrected chi connectivity index (χ1v) is 11.1. The summed E-state index contributed by atoms with van der Waals surface area (Å²) >= 11 is 0. The van der Waals surface area contributed by atoms with Gasteiger partial charge < -0.3 is 4.90 Å². The molecule has 1 saturated carbocycles. The first-order chi connectivity index (χ1) is 15.3. The minimum atomic E-state index is -1.01. The van der Waals surface area contributed by atoms with Gasteiger partial charge in [-0.2, -0.15) is 0 Å². The Hall–Kier alpha value is -3.03. The Kier molecular flexibility index (Phi) is 7.43. The van der Waals surface area contributed by atoms with E-state index in [1.165, 1.54) is 18.2 Å². The van der Waals surface area contributed by atoms with E-state index in [1.807, 2.05) is 6.92 Å². The van der Waals surface area contributed by atoms with Gasteiger partial charge in [0.2, 0.25) is 5.91 Å². The predicted molar refractivity (Wildman–Crippen MR) is 117 cm³/mol. The minimum Gasteiger partial charge on any atom is -0.331 e. The third kappa shape index (κ3) is 4.74. The second-order valence-corrected chi connectivity index (χ2v) is 8.49. The molecular formula is C24H30FN3O4. The van der Waals surface area contributed by atoms with Gasteiger partial charge in [0.1, 0.15) is 12.4 Å². The molecule has 1 aliphatic heterocycles. The first-order valence-electron chi connectivity index (χ1n) is 11.1. The summed E-state index contributed by atoms with van der Waals surface area (Å²) < 4.78 is 13.4. The smallest absolute Gasteiger partial charge is 0.331 e. The van der Waals surface area contributed by atoms with Crippen molar-refractivity contribution in [3.8, 4) is 0 Å². The van der Waals surface area contributed by atoms with Gasteiger partial charge in [-0.25, -0.2) is 14.1 Å². The van der Waals surface area contributed by atoms with Gasteiger partial charge in [0.05, 0.1) is 6.04 Å². The van der Waals surface area contributed by atoms with Crippen molar-refractivity contribution in [3.63, 3.8) is 0 Å². The van der Waals surface area contributed by atoms with E-state index in [4.69, 9.17) is 0 Å². The number of hydrogen-bond donors (Lipinski definition) is 0. The highest BCUT2D eigenvalue weighted by Gasteiger charge is 2.45. The van der Waals surface area contributed by atoms with Crippen LogP contribution in [-0.4, -0.2) is 57.6 Å². The Balaban J connectivity index is 1.84. The van der Waals surface area contributed by atoms with Gasteiger partial charge in [-0.3, -0.25) is 19.3 Å². The van der Waals surface area contributed by atoms with Crippen LogP contribution in [0, 0.1) is 11.7 Å². The molecule has 1 heterocycles. The molecule has 7 nitrogen and oxygen atoms in total. The molecular weight excluding hydrogens is 413 g/mol. The van der Waals surface area contributed by atoms with Crippen LogP contribution in [-0.2, 0) is 14.4 Å². The Labute approximate surface area is 187 Å². The molecule has 0 spiro atoms. The molecule has 0 bridgehead atoms. The quantitative estimate of drug-likeness (QED) is 0.349. The molecule has 0 N–H and O–H groups in total. The van der Waals surface area contributed by atoms with Crippen LogP contribution >= 0.6 is 0 Å². The lowest BCUT2D eigenvalue weighted by atomic mass is 9.83. The summed E-state index contributed by atoms with van der Waals surface area (Å²) in [4.78, 5) is 53.7. The Bertz CT molecular complexity index is 893. The SMILES string of the molecule is C=CCN1C(=O)C(=O)N(CC(=O)N(C2CCC(CC)CC2)[C@@H](C)c2ccc(F)cc2)C1=O. The Morgan fingerprint density at radius 3 is 2.28 bits per heavy atom. The fraction of sp³-hybridized carbons (Fsp3) is 0.500. The standard InChI is InChI=1S/C24H30FN3O4/c1-4-14-26-22(30)23(31)27(24(26)32)15-21(29)28(20-12-6-17(5-2)7-13-20)16(3)18-8-10-19(25)11-9-18/h4,8-11,16-17,20H,1,5-7,12-15H2,2-3H3/t16-,17?,20?/m0/s1. The lowest BCUT2D eigenvalue weighted by molar-refractivity contribution is -0.146. The van der Waals surface area contributed by atoms with E-state index < -0.39 is 30.3 Å². The number of amides is 5. The molecule has 1 saturated heterocycles. The summed E-state index contributed by atoms with van der Waals surface area (Å²) in [5.74, 6) is -2.11. The molecule has 1 aliphatic carbocycles. The fourth-order valence-corrected chi connectivity index (χ4v) is 4.67. The predicted octanol–water partition coefficient (Wildman–Crippen LogP) is 3.66. The molecule has 0 aromatic heterocycles. The molecule has 1 aromatic rings. The van der Waals surface area contributed by atoms with Crippen LogP contribution in [0.1, 0.15) is 57.6 Å². The average Bonchev–Trinajstić information content (AvgIpc) is 2.98. The van der Waals surface area contributed by atoms with Crippen molar-refractivity contribution in [3.05, 3.63) is 48.3 Å². The van der Waals surface area contributed by atoms with E-state index in [-0.39, 0.29) is 24.4 Å². The second kappa shape index (κ2) is 10.1. The van der Waals surface area contributed by atoms with Gasteiger partial charge in [-0.05, 0) is 56.2 Å². The van der Waals surface area contributed by atoms with Crippen molar-refractivity contribution < 1.29 is 23.6 Å². The van der Waals surface area contributed by atoms with E-state index in [2.05, 4.69) is 13.5 Å². The summed E-state index contributed by atoms with van der Waals surface area (Å²) in [6, 6.07) is 4.73. The molecule has 3 rings (SSSR count). The van der Waals surface area contributed by atoms with Crippen molar-refractivity contribution in [2.24, 2.45) is 5.92 Å². The molecule has 2 aliphatic rings. The van der Waals surface area contributed by atoms with Gasteiger partial charge in [0.25, 0.3) is 0 Å². The second-order valence-electron chi connectivity index (χ2n) is 8.49. The van der Waals surface area contributed by atoms with Gasteiger partial charge in [-0.1, -0.05) is 31.6 Å². The number of carbonyl (C=O) groups is 4. The van der Waals surface area contributed by atoms with E-state index in [0.717, 1.165) is 42.6 Å². The molecule has 0 unspecified atom stereocenters. The van der Waals surface area contributed by atoms with Crippen LogP contribution in [0.4, 0.5) is 9.18 Å². The van der Waals surface area contributed by atoms with Crippen LogP contribution in [0.3, 0.4) is 0 Å². The van der Waals surface area contributed by atoms with Gasteiger partial charge in [0, 0.05) is 12.6 Å². The molecule has 5 amide bonds. The zero-order valence-electron chi connectivity index (χ0n) is 18.6. The van der Waals surface area contributed by atoms with Crippen molar-refractivity contribution in [1.82, 2.24) is 14.7 Å². The normalized spacial score (nSPS) is 22.3. The zero-order valence-corrected chi connectivity index (χ0v) is 18.6. The fourth-order valence-electron chi connectivity index (χ4n) is 4.67. The molecule has 1 aromatic carbocycles. The summed E-state index contributed by atoms with van der Waals surface area (Å²) in [5.41, 5.74) is 0.765. The number of urea groups is 1. The summed E-state index contributed by atoms with van der Waals surface area (Å²) in [7, 11) is 0. The van der Waals surface area contributed by atoms with Gasteiger partial charge in [0.15, 0.2) is 0 Å². The highest BCUT2D eigenvalue weighted by Crippen LogP contribution is 2.34. The first kappa shape index (κ1) is 23.6. The van der Waals surface area contributed by atoms with Crippen LogP contribution < -0.4 is 0 Å².